The molecule has 3 unspecified atom stereocenters. The lowest BCUT2D eigenvalue weighted by molar-refractivity contribution is -0.186. The normalized spacial score (nSPS) is 24.9. The Morgan fingerprint density at radius 1 is 1.24 bits per heavy atom. The molecule has 0 bridgehead atoms. The van der Waals surface area contributed by atoms with E-state index in [1.807, 2.05) is 0 Å². The van der Waals surface area contributed by atoms with E-state index in [9.17, 15) is 13.2 Å². The van der Waals surface area contributed by atoms with Crippen molar-refractivity contribution in [3.05, 3.63) is 33.8 Å². The van der Waals surface area contributed by atoms with Crippen molar-refractivity contribution >= 4 is 23.2 Å². The molecule has 2 rings (SSSR count). The van der Waals surface area contributed by atoms with E-state index in [1.54, 1.807) is 18.2 Å². The Hall–Kier alpha value is -0.450. The molecule has 1 nitrogen and oxygen atoms in total. The first-order valence-corrected chi connectivity index (χ1v) is 7.79. The molecule has 3 atom stereocenters. The van der Waals surface area contributed by atoms with Crippen molar-refractivity contribution in [3.8, 4) is 0 Å². The molecule has 6 heteroatoms. The highest BCUT2D eigenvalue weighted by molar-refractivity contribution is 6.33. The number of halogens is 5. The Morgan fingerprint density at radius 3 is 2.62 bits per heavy atom. The van der Waals surface area contributed by atoms with Crippen molar-refractivity contribution < 1.29 is 13.2 Å². The number of benzene rings is 1. The quantitative estimate of drug-likeness (QED) is 0.801. The molecule has 1 aromatic rings. The predicted octanol–water partition coefficient (Wildman–Crippen LogP) is 5.23. The predicted molar refractivity (Wildman–Crippen MR) is 79.6 cm³/mol. The summed E-state index contributed by atoms with van der Waals surface area (Å²) in [6, 6.07) is 4.77. The van der Waals surface area contributed by atoms with E-state index in [0.717, 1.165) is 12.0 Å². The van der Waals surface area contributed by atoms with Gasteiger partial charge in [-0.05, 0) is 55.4 Å². The lowest BCUT2D eigenvalue weighted by Crippen LogP contribution is -2.38. The maximum Gasteiger partial charge on any atom is 0.391 e. The molecule has 0 aliphatic heterocycles. The van der Waals surface area contributed by atoms with Crippen LogP contribution in [0.3, 0.4) is 0 Å². The zero-order chi connectivity index (χ0) is 15.6. The van der Waals surface area contributed by atoms with Crippen molar-refractivity contribution in [1.29, 1.82) is 0 Å². The first-order chi connectivity index (χ1) is 9.77. The Morgan fingerprint density at radius 2 is 1.95 bits per heavy atom. The third-order valence-corrected chi connectivity index (χ3v) is 4.85. The van der Waals surface area contributed by atoms with Crippen LogP contribution in [-0.4, -0.2) is 12.2 Å². The largest absolute Gasteiger partial charge is 0.391 e. The average molecular weight is 340 g/mol. The SMILES string of the molecule is NC(Cc1cc(Cl)ccc1Cl)C1CCCC(C(F)(F)F)C1. The van der Waals surface area contributed by atoms with Crippen LogP contribution in [0, 0.1) is 11.8 Å². The van der Waals surface area contributed by atoms with Gasteiger partial charge in [0, 0.05) is 16.1 Å². The van der Waals surface area contributed by atoms with Crippen LogP contribution in [0.15, 0.2) is 18.2 Å². The van der Waals surface area contributed by atoms with E-state index in [1.165, 1.54) is 0 Å². The van der Waals surface area contributed by atoms with Crippen molar-refractivity contribution in [2.45, 2.75) is 44.3 Å². The van der Waals surface area contributed by atoms with Crippen molar-refractivity contribution in [3.63, 3.8) is 0 Å². The topological polar surface area (TPSA) is 26.0 Å². The van der Waals surface area contributed by atoms with Gasteiger partial charge in [0.25, 0.3) is 0 Å². The van der Waals surface area contributed by atoms with Gasteiger partial charge in [-0.25, -0.2) is 0 Å². The van der Waals surface area contributed by atoms with Gasteiger partial charge >= 0.3 is 6.18 Å². The molecule has 0 aromatic heterocycles. The summed E-state index contributed by atoms with van der Waals surface area (Å²) in [6.07, 6.45) is -2.02. The number of nitrogens with two attached hydrogens (primary N) is 1. The summed E-state index contributed by atoms with van der Waals surface area (Å²) in [4.78, 5) is 0. The van der Waals surface area contributed by atoms with Crippen LogP contribution in [0.4, 0.5) is 13.2 Å². The fraction of sp³-hybridized carbons (Fsp3) is 0.600. The van der Waals surface area contributed by atoms with Crippen molar-refractivity contribution in [2.24, 2.45) is 17.6 Å². The molecular formula is C15H18Cl2F3N. The first-order valence-electron chi connectivity index (χ1n) is 7.03. The van der Waals surface area contributed by atoms with E-state index in [0.29, 0.717) is 22.9 Å². The summed E-state index contributed by atoms with van der Waals surface area (Å²) in [6.45, 7) is 0. The minimum Gasteiger partial charge on any atom is -0.327 e. The molecule has 0 saturated heterocycles. The van der Waals surface area contributed by atoms with Crippen LogP contribution in [0.2, 0.25) is 10.0 Å². The highest BCUT2D eigenvalue weighted by atomic mass is 35.5. The molecule has 2 N–H and O–H groups in total. The highest BCUT2D eigenvalue weighted by Crippen LogP contribution is 2.41. The van der Waals surface area contributed by atoms with E-state index >= 15 is 0 Å². The number of hydrogen-bond donors (Lipinski definition) is 1. The molecule has 0 amide bonds. The van der Waals surface area contributed by atoms with Gasteiger partial charge in [0.1, 0.15) is 0 Å². The Labute approximate surface area is 132 Å². The minimum atomic E-state index is -4.12. The van der Waals surface area contributed by atoms with Gasteiger partial charge in [-0.15, -0.1) is 0 Å². The molecule has 1 fully saturated rings. The Kier molecular flexibility index (Phi) is 5.44. The van der Waals surface area contributed by atoms with Crippen LogP contribution in [0.25, 0.3) is 0 Å². The van der Waals surface area contributed by atoms with Gasteiger partial charge in [-0.2, -0.15) is 13.2 Å². The highest BCUT2D eigenvalue weighted by Gasteiger charge is 2.43. The second-order valence-electron chi connectivity index (χ2n) is 5.77. The molecule has 21 heavy (non-hydrogen) atoms. The van der Waals surface area contributed by atoms with Crippen molar-refractivity contribution in [2.75, 3.05) is 0 Å². The van der Waals surface area contributed by atoms with E-state index in [4.69, 9.17) is 28.9 Å². The van der Waals surface area contributed by atoms with E-state index < -0.39 is 12.1 Å². The molecule has 0 radical (unpaired) electrons. The molecule has 0 heterocycles. The lowest BCUT2D eigenvalue weighted by atomic mass is 9.76. The number of alkyl halides is 3. The summed E-state index contributed by atoms with van der Waals surface area (Å²) in [7, 11) is 0. The standard InChI is InChI=1S/C15H18Cl2F3N/c16-12-4-5-13(17)10(7-12)8-14(21)9-2-1-3-11(6-9)15(18,19)20/h4-5,7,9,11,14H,1-3,6,8,21H2. The van der Waals surface area contributed by atoms with Crippen molar-refractivity contribution in [1.82, 2.24) is 0 Å². The fourth-order valence-electron chi connectivity index (χ4n) is 3.03. The van der Waals surface area contributed by atoms with Gasteiger partial charge in [-0.1, -0.05) is 29.6 Å². The summed E-state index contributed by atoms with van der Waals surface area (Å²) in [5.41, 5.74) is 6.93. The van der Waals surface area contributed by atoms with Gasteiger partial charge in [0.2, 0.25) is 0 Å². The molecule has 1 aromatic carbocycles. The smallest absolute Gasteiger partial charge is 0.327 e. The molecule has 1 aliphatic rings. The summed E-state index contributed by atoms with van der Waals surface area (Å²) in [5.74, 6) is -1.35. The maximum absolute atomic E-state index is 12.8. The van der Waals surface area contributed by atoms with Crippen LogP contribution >= 0.6 is 23.2 Å². The summed E-state index contributed by atoms with van der Waals surface area (Å²) < 4.78 is 38.5. The zero-order valence-corrected chi connectivity index (χ0v) is 13.0. The Balaban J connectivity index is 2.02. The summed E-state index contributed by atoms with van der Waals surface area (Å²) >= 11 is 12.0. The number of rotatable bonds is 3. The molecule has 1 saturated carbocycles. The van der Waals surface area contributed by atoms with Gasteiger partial charge in [0.15, 0.2) is 0 Å². The van der Waals surface area contributed by atoms with E-state index in [2.05, 4.69) is 0 Å². The average Bonchev–Trinajstić information content (AvgIpc) is 2.42. The molecular weight excluding hydrogens is 322 g/mol. The van der Waals surface area contributed by atoms with E-state index in [-0.39, 0.29) is 24.8 Å². The molecule has 118 valence electrons. The second-order valence-corrected chi connectivity index (χ2v) is 6.61. The zero-order valence-electron chi connectivity index (χ0n) is 11.5. The molecule has 0 spiro atoms. The van der Waals surface area contributed by atoms with Crippen LogP contribution in [0.5, 0.6) is 0 Å². The van der Waals surface area contributed by atoms with Gasteiger partial charge in [-0.3, -0.25) is 0 Å². The first kappa shape index (κ1) is 16.9. The minimum absolute atomic E-state index is 0.114. The van der Waals surface area contributed by atoms with Gasteiger partial charge in [0.05, 0.1) is 5.92 Å². The monoisotopic (exact) mass is 339 g/mol. The third kappa shape index (κ3) is 4.51. The second kappa shape index (κ2) is 6.76. The Bertz CT molecular complexity index is 490. The van der Waals surface area contributed by atoms with Crippen LogP contribution in [-0.2, 0) is 6.42 Å². The van der Waals surface area contributed by atoms with Gasteiger partial charge < -0.3 is 5.73 Å². The maximum atomic E-state index is 12.8. The fourth-order valence-corrected chi connectivity index (χ4v) is 3.42. The number of hydrogen-bond acceptors (Lipinski definition) is 1. The third-order valence-electron chi connectivity index (χ3n) is 4.25. The van der Waals surface area contributed by atoms with Crippen LogP contribution in [0.1, 0.15) is 31.2 Å². The lowest BCUT2D eigenvalue weighted by Gasteiger charge is -2.34. The summed E-state index contributed by atoms with van der Waals surface area (Å²) in [5, 5.41) is 1.11. The van der Waals surface area contributed by atoms with Crippen LogP contribution < -0.4 is 5.73 Å². The molecule has 1 aliphatic carbocycles.